The topological polar surface area (TPSA) is 47.0 Å². The highest BCUT2D eigenvalue weighted by atomic mass is 32.1. The van der Waals surface area contributed by atoms with Crippen LogP contribution in [-0.2, 0) is 13.2 Å². The Balaban J connectivity index is 1.66. The van der Waals surface area contributed by atoms with Gasteiger partial charge in [0.2, 0.25) is 0 Å². The minimum absolute atomic E-state index is 0.562. The Bertz CT molecular complexity index is 593. The van der Waals surface area contributed by atoms with Crippen molar-refractivity contribution in [2.75, 3.05) is 0 Å². The standard InChI is InChI=1S/C15H19N3OS/c1-10-3-6-15(14(18-10)8-17-12-4-5-12)19-9-13-7-16-11(2)20-13/h3,6-7,12,17H,4-5,8-9H2,1-2H3. The van der Waals surface area contributed by atoms with E-state index < -0.39 is 0 Å². The largest absolute Gasteiger partial charge is 0.486 e. The number of aromatic nitrogens is 2. The molecule has 1 N–H and O–H groups in total. The molecule has 1 aliphatic rings. The van der Waals surface area contributed by atoms with Crippen LogP contribution in [0.1, 0.15) is 34.1 Å². The molecule has 1 saturated carbocycles. The van der Waals surface area contributed by atoms with Gasteiger partial charge in [-0.25, -0.2) is 4.98 Å². The van der Waals surface area contributed by atoms with E-state index in [-0.39, 0.29) is 0 Å². The van der Waals surface area contributed by atoms with E-state index >= 15 is 0 Å². The van der Waals surface area contributed by atoms with Crippen molar-refractivity contribution in [1.29, 1.82) is 0 Å². The predicted octanol–water partition coefficient (Wildman–Crippen LogP) is 2.99. The maximum atomic E-state index is 5.91. The zero-order chi connectivity index (χ0) is 13.9. The van der Waals surface area contributed by atoms with Gasteiger partial charge in [0.1, 0.15) is 12.4 Å². The Morgan fingerprint density at radius 2 is 2.20 bits per heavy atom. The van der Waals surface area contributed by atoms with Gasteiger partial charge in [0.05, 0.1) is 15.6 Å². The Labute approximate surface area is 123 Å². The second kappa shape index (κ2) is 5.89. The fourth-order valence-electron chi connectivity index (χ4n) is 2.01. The molecule has 1 fully saturated rings. The van der Waals surface area contributed by atoms with Gasteiger partial charge in [0, 0.05) is 24.5 Å². The molecule has 2 aromatic heterocycles. The predicted molar refractivity (Wildman–Crippen MR) is 80.0 cm³/mol. The van der Waals surface area contributed by atoms with Crippen LogP contribution >= 0.6 is 11.3 Å². The molecule has 2 aromatic rings. The molecule has 0 atom stereocenters. The van der Waals surface area contributed by atoms with E-state index in [1.165, 1.54) is 12.8 Å². The number of hydrogen-bond acceptors (Lipinski definition) is 5. The third-order valence-corrected chi connectivity index (χ3v) is 4.13. The summed E-state index contributed by atoms with van der Waals surface area (Å²) < 4.78 is 5.91. The lowest BCUT2D eigenvalue weighted by Gasteiger charge is -2.11. The molecule has 0 aromatic carbocycles. The molecule has 20 heavy (non-hydrogen) atoms. The molecule has 0 aliphatic heterocycles. The van der Waals surface area contributed by atoms with Crippen molar-refractivity contribution in [2.24, 2.45) is 0 Å². The molecule has 0 saturated heterocycles. The van der Waals surface area contributed by atoms with Gasteiger partial charge in [-0.1, -0.05) is 0 Å². The number of pyridine rings is 1. The van der Waals surface area contributed by atoms with Crippen molar-refractivity contribution in [3.05, 3.63) is 39.6 Å². The van der Waals surface area contributed by atoms with E-state index in [1.807, 2.05) is 32.2 Å². The summed E-state index contributed by atoms with van der Waals surface area (Å²) in [5.74, 6) is 0.870. The molecule has 1 aliphatic carbocycles. The number of nitrogens with zero attached hydrogens (tertiary/aromatic N) is 2. The first kappa shape index (κ1) is 13.5. The minimum atomic E-state index is 0.562. The smallest absolute Gasteiger partial charge is 0.142 e. The summed E-state index contributed by atoms with van der Waals surface area (Å²) >= 11 is 1.67. The zero-order valence-electron chi connectivity index (χ0n) is 11.8. The van der Waals surface area contributed by atoms with Crippen molar-refractivity contribution >= 4 is 11.3 Å². The fourth-order valence-corrected chi connectivity index (χ4v) is 2.71. The first-order valence-corrected chi connectivity index (χ1v) is 7.76. The number of rotatable bonds is 6. The van der Waals surface area contributed by atoms with Crippen LogP contribution < -0.4 is 10.1 Å². The van der Waals surface area contributed by atoms with Gasteiger partial charge in [-0.3, -0.25) is 4.98 Å². The summed E-state index contributed by atoms with van der Waals surface area (Å²) in [5, 5.41) is 4.56. The summed E-state index contributed by atoms with van der Waals surface area (Å²) in [7, 11) is 0. The number of nitrogens with one attached hydrogen (secondary N) is 1. The first-order chi connectivity index (χ1) is 9.70. The van der Waals surface area contributed by atoms with E-state index in [0.717, 1.165) is 33.6 Å². The minimum Gasteiger partial charge on any atom is -0.486 e. The molecule has 0 radical (unpaired) electrons. The van der Waals surface area contributed by atoms with Gasteiger partial charge >= 0.3 is 0 Å². The number of hydrogen-bond donors (Lipinski definition) is 1. The summed E-state index contributed by atoms with van der Waals surface area (Å²) in [5.41, 5.74) is 2.02. The fraction of sp³-hybridized carbons (Fsp3) is 0.467. The number of aryl methyl sites for hydroxylation is 2. The van der Waals surface area contributed by atoms with Crippen LogP contribution in [0.25, 0.3) is 0 Å². The van der Waals surface area contributed by atoms with Crippen LogP contribution in [0.5, 0.6) is 5.75 Å². The molecule has 0 unspecified atom stereocenters. The third kappa shape index (κ3) is 3.55. The van der Waals surface area contributed by atoms with Crippen molar-refractivity contribution in [1.82, 2.24) is 15.3 Å². The summed E-state index contributed by atoms with van der Waals surface area (Å²) in [6.45, 7) is 5.36. The van der Waals surface area contributed by atoms with Crippen LogP contribution in [0.3, 0.4) is 0 Å². The third-order valence-electron chi connectivity index (χ3n) is 3.25. The first-order valence-electron chi connectivity index (χ1n) is 6.95. The molecular weight excluding hydrogens is 270 g/mol. The van der Waals surface area contributed by atoms with Gasteiger partial charge in [-0.05, 0) is 38.8 Å². The zero-order valence-corrected chi connectivity index (χ0v) is 12.7. The molecule has 2 heterocycles. The highest BCUT2D eigenvalue weighted by molar-refractivity contribution is 7.11. The second-order valence-electron chi connectivity index (χ2n) is 5.19. The summed E-state index contributed by atoms with van der Waals surface area (Å²) in [6.07, 6.45) is 4.44. The molecule has 0 spiro atoms. The molecule has 0 amide bonds. The normalized spacial score (nSPS) is 14.5. The van der Waals surface area contributed by atoms with Gasteiger partial charge in [0.25, 0.3) is 0 Å². The van der Waals surface area contributed by atoms with Crippen molar-refractivity contribution in [2.45, 2.75) is 45.9 Å². The Kier molecular flexibility index (Phi) is 3.98. The highest BCUT2D eigenvalue weighted by Crippen LogP contribution is 2.23. The van der Waals surface area contributed by atoms with E-state index in [1.54, 1.807) is 11.3 Å². The van der Waals surface area contributed by atoms with Crippen LogP contribution in [0.2, 0.25) is 0 Å². The van der Waals surface area contributed by atoms with Crippen LogP contribution in [0.15, 0.2) is 18.3 Å². The second-order valence-corrected chi connectivity index (χ2v) is 6.51. The van der Waals surface area contributed by atoms with E-state index in [2.05, 4.69) is 15.3 Å². The van der Waals surface area contributed by atoms with E-state index in [4.69, 9.17) is 4.74 Å². The Morgan fingerprint density at radius 1 is 1.35 bits per heavy atom. The van der Waals surface area contributed by atoms with Crippen molar-refractivity contribution < 1.29 is 4.74 Å². The molecular formula is C15H19N3OS. The maximum absolute atomic E-state index is 5.91. The molecule has 4 nitrogen and oxygen atoms in total. The summed E-state index contributed by atoms with van der Waals surface area (Å²) in [6, 6.07) is 4.68. The number of thiazole rings is 1. The van der Waals surface area contributed by atoms with Crippen LogP contribution in [0, 0.1) is 13.8 Å². The van der Waals surface area contributed by atoms with Gasteiger partial charge in [-0.2, -0.15) is 0 Å². The quantitative estimate of drug-likeness (QED) is 0.888. The van der Waals surface area contributed by atoms with E-state index in [0.29, 0.717) is 12.6 Å². The molecule has 5 heteroatoms. The lowest BCUT2D eigenvalue weighted by Crippen LogP contribution is -2.17. The summed E-state index contributed by atoms with van der Waals surface area (Å²) in [4.78, 5) is 9.98. The average Bonchev–Trinajstić information content (AvgIpc) is 3.17. The van der Waals surface area contributed by atoms with Crippen molar-refractivity contribution in [3.8, 4) is 5.75 Å². The van der Waals surface area contributed by atoms with Gasteiger partial charge in [-0.15, -0.1) is 11.3 Å². The molecule has 3 rings (SSSR count). The molecule has 0 bridgehead atoms. The Morgan fingerprint density at radius 3 is 2.90 bits per heavy atom. The SMILES string of the molecule is Cc1ccc(OCc2cnc(C)s2)c(CNC2CC2)n1. The lowest BCUT2D eigenvalue weighted by molar-refractivity contribution is 0.303. The van der Waals surface area contributed by atoms with Gasteiger partial charge in [0.15, 0.2) is 0 Å². The monoisotopic (exact) mass is 289 g/mol. The van der Waals surface area contributed by atoms with Crippen molar-refractivity contribution in [3.63, 3.8) is 0 Å². The molecule has 106 valence electrons. The van der Waals surface area contributed by atoms with Crippen LogP contribution in [0.4, 0.5) is 0 Å². The lowest BCUT2D eigenvalue weighted by atomic mass is 10.3. The Hall–Kier alpha value is -1.46. The maximum Gasteiger partial charge on any atom is 0.142 e. The van der Waals surface area contributed by atoms with Gasteiger partial charge < -0.3 is 10.1 Å². The number of ether oxygens (including phenoxy) is 1. The highest BCUT2D eigenvalue weighted by Gasteiger charge is 2.21. The van der Waals surface area contributed by atoms with Crippen LogP contribution in [-0.4, -0.2) is 16.0 Å². The average molecular weight is 289 g/mol. The van der Waals surface area contributed by atoms with E-state index in [9.17, 15) is 0 Å².